The fourth-order valence-corrected chi connectivity index (χ4v) is 4.46. The van der Waals surface area contributed by atoms with Gasteiger partial charge in [0.2, 0.25) is 5.43 Å². The van der Waals surface area contributed by atoms with E-state index in [0.717, 1.165) is 25.2 Å². The molecular formula is C26H31NO6. The molecule has 0 bridgehead atoms. The molecule has 3 aromatic rings. The zero-order valence-corrected chi connectivity index (χ0v) is 19.8. The van der Waals surface area contributed by atoms with Gasteiger partial charge in [-0.1, -0.05) is 6.07 Å². The molecule has 0 N–H and O–H groups in total. The number of hydrogen-bond donors (Lipinski definition) is 0. The summed E-state index contributed by atoms with van der Waals surface area (Å²) in [5.41, 5.74) is 1.64. The first kappa shape index (κ1) is 23.1. The molecule has 0 unspecified atom stereocenters. The Morgan fingerprint density at radius 3 is 2.42 bits per heavy atom. The Labute approximate surface area is 193 Å². The fourth-order valence-electron chi connectivity index (χ4n) is 4.46. The van der Waals surface area contributed by atoms with E-state index in [-0.39, 0.29) is 17.6 Å². The molecule has 1 aliphatic rings. The largest absolute Gasteiger partial charge is 0.493 e. The predicted molar refractivity (Wildman–Crippen MR) is 128 cm³/mol. The Hall–Kier alpha value is -3.03. The maximum absolute atomic E-state index is 13.3. The van der Waals surface area contributed by atoms with E-state index >= 15 is 0 Å². The highest BCUT2D eigenvalue weighted by atomic mass is 16.5. The maximum atomic E-state index is 13.3. The number of rotatable bonds is 7. The van der Waals surface area contributed by atoms with Gasteiger partial charge in [0, 0.05) is 25.7 Å². The second-order valence-electron chi connectivity index (χ2n) is 8.46. The summed E-state index contributed by atoms with van der Waals surface area (Å²) in [4.78, 5) is 15.7. The zero-order chi connectivity index (χ0) is 23.5. The molecular weight excluding hydrogens is 422 g/mol. The topological polar surface area (TPSA) is 70.4 Å². The van der Waals surface area contributed by atoms with Crippen LogP contribution in [-0.2, 0) is 4.74 Å². The second kappa shape index (κ2) is 9.85. The van der Waals surface area contributed by atoms with Crippen LogP contribution >= 0.6 is 0 Å². The summed E-state index contributed by atoms with van der Waals surface area (Å²) >= 11 is 0. The third-order valence-electron chi connectivity index (χ3n) is 5.88. The van der Waals surface area contributed by atoms with Crippen molar-refractivity contribution in [3.8, 4) is 28.4 Å². The van der Waals surface area contributed by atoms with Crippen molar-refractivity contribution in [2.24, 2.45) is 0 Å². The summed E-state index contributed by atoms with van der Waals surface area (Å²) in [5, 5.41) is 0.508. The molecule has 7 nitrogen and oxygen atoms in total. The third-order valence-corrected chi connectivity index (χ3v) is 5.88. The lowest BCUT2D eigenvalue weighted by atomic mass is 10.0. The molecule has 33 heavy (non-hydrogen) atoms. The van der Waals surface area contributed by atoms with Crippen LogP contribution in [0, 0.1) is 6.92 Å². The Morgan fingerprint density at radius 1 is 1.00 bits per heavy atom. The Kier molecular flexibility index (Phi) is 6.91. The highest BCUT2D eigenvalue weighted by Gasteiger charge is 2.22. The average molecular weight is 454 g/mol. The molecule has 0 spiro atoms. The number of hydrogen-bond acceptors (Lipinski definition) is 7. The molecule has 2 heterocycles. The molecule has 0 saturated carbocycles. The van der Waals surface area contributed by atoms with E-state index in [2.05, 4.69) is 18.7 Å². The van der Waals surface area contributed by atoms with Crippen LogP contribution < -0.4 is 19.6 Å². The molecule has 1 saturated heterocycles. The fraction of sp³-hybridized carbons (Fsp3) is 0.423. The number of aryl methyl sites for hydroxylation is 1. The second-order valence-corrected chi connectivity index (χ2v) is 8.46. The molecule has 2 aromatic carbocycles. The van der Waals surface area contributed by atoms with E-state index in [0.29, 0.717) is 46.1 Å². The van der Waals surface area contributed by atoms with Gasteiger partial charge in [-0.2, -0.15) is 0 Å². The molecule has 0 amide bonds. The molecule has 0 aliphatic carbocycles. The van der Waals surface area contributed by atoms with Crippen LogP contribution in [-0.4, -0.2) is 57.6 Å². The molecule has 1 aromatic heterocycles. The van der Waals surface area contributed by atoms with E-state index in [1.807, 2.05) is 12.1 Å². The van der Waals surface area contributed by atoms with Gasteiger partial charge in [0.15, 0.2) is 11.5 Å². The van der Waals surface area contributed by atoms with Crippen LogP contribution in [0.1, 0.15) is 19.6 Å². The molecule has 7 heteroatoms. The lowest BCUT2D eigenvalue weighted by molar-refractivity contribution is -0.0699. The van der Waals surface area contributed by atoms with Crippen molar-refractivity contribution in [3.05, 3.63) is 52.4 Å². The van der Waals surface area contributed by atoms with Crippen LogP contribution in [0.2, 0.25) is 0 Å². The Balaban J connectivity index is 1.54. The highest BCUT2D eigenvalue weighted by Crippen LogP contribution is 2.33. The van der Waals surface area contributed by atoms with E-state index in [9.17, 15) is 4.79 Å². The van der Waals surface area contributed by atoms with E-state index < -0.39 is 0 Å². The highest BCUT2D eigenvalue weighted by molar-refractivity contribution is 5.84. The van der Waals surface area contributed by atoms with Crippen molar-refractivity contribution >= 4 is 11.0 Å². The number of morpholine rings is 1. The standard InChI is InChI=1S/C26H31NO6/c1-16-14-27(15-17(2)32-16)10-11-31-20-7-8-21-23(13-20)33-18(3)25(26(21)28)19-6-9-22(29-4)24(12-19)30-5/h6-9,12-13,16-17H,10-11,14-15H2,1-5H3/t16-,17+. The monoisotopic (exact) mass is 453 g/mol. The van der Waals surface area contributed by atoms with Gasteiger partial charge < -0.3 is 23.4 Å². The maximum Gasteiger partial charge on any atom is 0.200 e. The number of benzene rings is 2. The first-order chi connectivity index (χ1) is 15.9. The Morgan fingerprint density at radius 2 is 1.73 bits per heavy atom. The quantitative estimate of drug-likeness (QED) is 0.529. The van der Waals surface area contributed by atoms with Gasteiger partial charge in [-0.15, -0.1) is 0 Å². The summed E-state index contributed by atoms with van der Waals surface area (Å²) in [5.74, 6) is 2.37. The van der Waals surface area contributed by atoms with Gasteiger partial charge in [-0.05, 0) is 50.6 Å². The van der Waals surface area contributed by atoms with Crippen molar-refractivity contribution in [3.63, 3.8) is 0 Å². The van der Waals surface area contributed by atoms with Crippen molar-refractivity contribution in [2.45, 2.75) is 33.0 Å². The SMILES string of the molecule is COc1ccc(-c2c(C)oc3cc(OCCN4C[C@@H](C)O[C@@H](C)C4)ccc3c2=O)cc1OC. The molecule has 176 valence electrons. The van der Waals surface area contributed by atoms with Crippen LogP contribution in [0.5, 0.6) is 17.2 Å². The molecule has 0 radical (unpaired) electrons. The number of nitrogens with zero attached hydrogens (tertiary/aromatic N) is 1. The van der Waals surface area contributed by atoms with Crippen LogP contribution in [0.3, 0.4) is 0 Å². The minimum absolute atomic E-state index is 0.0937. The average Bonchev–Trinajstić information content (AvgIpc) is 2.78. The lowest BCUT2D eigenvalue weighted by Gasteiger charge is -2.35. The normalized spacial score (nSPS) is 18.9. The third kappa shape index (κ3) is 4.99. The minimum atomic E-state index is -0.0937. The van der Waals surface area contributed by atoms with Crippen molar-refractivity contribution in [2.75, 3.05) is 40.5 Å². The first-order valence-electron chi connectivity index (χ1n) is 11.2. The molecule has 4 rings (SSSR count). The Bertz CT molecular complexity index is 1180. The van der Waals surface area contributed by atoms with Gasteiger partial charge in [0.25, 0.3) is 0 Å². The molecule has 2 atom stereocenters. The molecule has 1 aliphatic heterocycles. The number of ether oxygens (including phenoxy) is 4. The lowest BCUT2D eigenvalue weighted by Crippen LogP contribution is -2.46. The van der Waals surface area contributed by atoms with Gasteiger partial charge in [0.1, 0.15) is 23.7 Å². The minimum Gasteiger partial charge on any atom is -0.493 e. The van der Waals surface area contributed by atoms with Gasteiger partial charge in [0.05, 0.1) is 37.4 Å². The van der Waals surface area contributed by atoms with Crippen molar-refractivity contribution < 1.29 is 23.4 Å². The van der Waals surface area contributed by atoms with Crippen molar-refractivity contribution in [1.29, 1.82) is 0 Å². The number of fused-ring (bicyclic) bond motifs is 1. The van der Waals surface area contributed by atoms with E-state index in [1.54, 1.807) is 45.4 Å². The smallest absolute Gasteiger partial charge is 0.200 e. The summed E-state index contributed by atoms with van der Waals surface area (Å²) < 4.78 is 28.5. The van der Waals surface area contributed by atoms with Crippen LogP contribution in [0.25, 0.3) is 22.1 Å². The van der Waals surface area contributed by atoms with Crippen LogP contribution in [0.4, 0.5) is 0 Å². The van der Waals surface area contributed by atoms with Gasteiger partial charge >= 0.3 is 0 Å². The van der Waals surface area contributed by atoms with Gasteiger partial charge in [-0.25, -0.2) is 0 Å². The summed E-state index contributed by atoms with van der Waals surface area (Å²) in [6.45, 7) is 9.15. The predicted octanol–water partition coefficient (Wildman–Crippen LogP) is 4.27. The van der Waals surface area contributed by atoms with E-state index in [1.165, 1.54) is 0 Å². The van der Waals surface area contributed by atoms with Crippen molar-refractivity contribution in [1.82, 2.24) is 4.90 Å². The van der Waals surface area contributed by atoms with Crippen LogP contribution in [0.15, 0.2) is 45.6 Å². The summed E-state index contributed by atoms with van der Waals surface area (Å²) in [6.07, 6.45) is 0.457. The summed E-state index contributed by atoms with van der Waals surface area (Å²) in [6, 6.07) is 10.8. The first-order valence-corrected chi connectivity index (χ1v) is 11.2. The van der Waals surface area contributed by atoms with Gasteiger partial charge in [-0.3, -0.25) is 9.69 Å². The summed E-state index contributed by atoms with van der Waals surface area (Å²) in [7, 11) is 3.15. The number of methoxy groups -OCH3 is 2. The van der Waals surface area contributed by atoms with E-state index in [4.69, 9.17) is 23.4 Å². The zero-order valence-electron chi connectivity index (χ0n) is 19.8. The molecule has 1 fully saturated rings.